The van der Waals surface area contributed by atoms with Crippen molar-refractivity contribution >= 4 is 15.9 Å². The lowest BCUT2D eigenvalue weighted by atomic mass is 10.1. The first-order valence-corrected chi connectivity index (χ1v) is 6.54. The highest BCUT2D eigenvalue weighted by Gasteiger charge is 2.08. The first-order valence-electron chi connectivity index (χ1n) is 5.74. The number of nitrogens with zero attached hydrogens (tertiary/aromatic N) is 1. The van der Waals surface area contributed by atoms with Crippen LogP contribution in [0.3, 0.4) is 0 Å². The van der Waals surface area contributed by atoms with E-state index in [1.807, 2.05) is 24.4 Å². The third-order valence-corrected chi connectivity index (χ3v) is 3.70. The second kappa shape index (κ2) is 6.07. The number of hydrogen-bond acceptors (Lipinski definition) is 2. The average molecular weight is 309 g/mol. The predicted molar refractivity (Wildman–Crippen MR) is 73.6 cm³/mol. The van der Waals surface area contributed by atoms with Gasteiger partial charge in [0.2, 0.25) is 0 Å². The van der Waals surface area contributed by atoms with E-state index in [2.05, 4.69) is 33.2 Å². The highest BCUT2D eigenvalue weighted by Crippen LogP contribution is 2.21. The summed E-state index contributed by atoms with van der Waals surface area (Å²) < 4.78 is 13.9. The molecule has 2 nitrogen and oxygen atoms in total. The molecule has 1 N–H and O–H groups in total. The summed E-state index contributed by atoms with van der Waals surface area (Å²) in [4.78, 5) is 4.08. The monoisotopic (exact) mass is 308 g/mol. The normalized spacial score (nSPS) is 12.4. The molecular weight excluding hydrogens is 295 g/mol. The minimum Gasteiger partial charge on any atom is -0.306 e. The zero-order valence-electron chi connectivity index (χ0n) is 10.0. The molecule has 0 fully saturated rings. The van der Waals surface area contributed by atoms with Gasteiger partial charge in [0.15, 0.2) is 0 Å². The van der Waals surface area contributed by atoms with Gasteiger partial charge in [-0.05, 0) is 46.1 Å². The van der Waals surface area contributed by atoms with E-state index in [-0.39, 0.29) is 11.9 Å². The van der Waals surface area contributed by atoms with Crippen LogP contribution in [0.1, 0.15) is 24.1 Å². The van der Waals surface area contributed by atoms with E-state index in [0.717, 1.165) is 11.1 Å². The quantitative estimate of drug-likeness (QED) is 0.928. The number of rotatable bonds is 4. The fourth-order valence-electron chi connectivity index (χ4n) is 1.70. The minimum atomic E-state index is -0.233. The summed E-state index contributed by atoms with van der Waals surface area (Å²) in [5, 5.41) is 3.35. The zero-order chi connectivity index (χ0) is 13.0. The summed E-state index contributed by atoms with van der Waals surface area (Å²) in [5.74, 6) is -0.233. The van der Waals surface area contributed by atoms with Crippen LogP contribution in [0.2, 0.25) is 0 Å². The van der Waals surface area contributed by atoms with Crippen LogP contribution in [0.15, 0.2) is 47.2 Å². The topological polar surface area (TPSA) is 24.9 Å². The molecule has 2 rings (SSSR count). The Hall–Kier alpha value is -1.26. The second-order valence-corrected chi connectivity index (χ2v) is 4.89. The van der Waals surface area contributed by atoms with Crippen molar-refractivity contribution < 1.29 is 4.39 Å². The summed E-state index contributed by atoms with van der Waals surface area (Å²) in [6.45, 7) is 2.67. The number of hydrogen-bond donors (Lipinski definition) is 1. The van der Waals surface area contributed by atoms with E-state index in [1.165, 1.54) is 6.07 Å². The molecule has 0 unspecified atom stereocenters. The fraction of sp³-hybridized carbons (Fsp3) is 0.214. The molecule has 0 spiro atoms. The average Bonchev–Trinajstić information content (AvgIpc) is 2.41. The summed E-state index contributed by atoms with van der Waals surface area (Å²) in [7, 11) is 0. The summed E-state index contributed by atoms with van der Waals surface area (Å²) in [5.41, 5.74) is 2.02. The maximum absolute atomic E-state index is 13.3. The zero-order valence-corrected chi connectivity index (χ0v) is 11.6. The number of halogens is 2. The van der Waals surface area contributed by atoms with Gasteiger partial charge in [-0.2, -0.15) is 0 Å². The molecule has 0 saturated heterocycles. The van der Waals surface area contributed by atoms with Crippen LogP contribution < -0.4 is 5.32 Å². The Kier molecular flexibility index (Phi) is 4.44. The maximum atomic E-state index is 13.3. The first kappa shape index (κ1) is 13.2. The largest absolute Gasteiger partial charge is 0.306 e. The van der Waals surface area contributed by atoms with Gasteiger partial charge >= 0.3 is 0 Å². The molecule has 18 heavy (non-hydrogen) atoms. The van der Waals surface area contributed by atoms with Gasteiger partial charge in [-0.1, -0.05) is 18.2 Å². The molecule has 0 aliphatic carbocycles. The van der Waals surface area contributed by atoms with Gasteiger partial charge in [-0.3, -0.25) is 4.98 Å². The van der Waals surface area contributed by atoms with Crippen LogP contribution in [0.4, 0.5) is 4.39 Å². The van der Waals surface area contributed by atoms with Crippen LogP contribution >= 0.6 is 15.9 Å². The number of benzene rings is 1. The van der Waals surface area contributed by atoms with E-state index in [0.29, 0.717) is 11.0 Å². The smallest absolute Gasteiger partial charge is 0.137 e. The number of nitrogens with one attached hydrogen (secondary N) is 1. The van der Waals surface area contributed by atoms with Gasteiger partial charge < -0.3 is 5.32 Å². The lowest BCUT2D eigenvalue weighted by Gasteiger charge is -2.14. The molecule has 0 aliphatic rings. The molecule has 94 valence electrons. The van der Waals surface area contributed by atoms with Crippen molar-refractivity contribution in [3.8, 4) is 0 Å². The molecule has 1 atom stereocenters. The molecule has 0 aliphatic heterocycles. The molecule has 1 aromatic heterocycles. The van der Waals surface area contributed by atoms with E-state index >= 15 is 0 Å². The highest BCUT2D eigenvalue weighted by molar-refractivity contribution is 9.10. The third kappa shape index (κ3) is 3.15. The maximum Gasteiger partial charge on any atom is 0.137 e. The van der Waals surface area contributed by atoms with Crippen molar-refractivity contribution in [3.63, 3.8) is 0 Å². The lowest BCUT2D eigenvalue weighted by Crippen LogP contribution is -2.18. The van der Waals surface area contributed by atoms with Crippen molar-refractivity contribution in [1.29, 1.82) is 0 Å². The Morgan fingerprint density at radius 3 is 2.89 bits per heavy atom. The Morgan fingerprint density at radius 1 is 1.33 bits per heavy atom. The van der Waals surface area contributed by atoms with E-state index in [1.54, 1.807) is 12.3 Å². The predicted octanol–water partition coefficient (Wildman–Crippen LogP) is 3.83. The molecule has 0 saturated carbocycles. The number of aromatic nitrogens is 1. The molecule has 2 aromatic rings. The molecular formula is C14H14BrFN2. The molecule has 0 bridgehead atoms. The van der Waals surface area contributed by atoms with Gasteiger partial charge in [0, 0.05) is 25.0 Å². The van der Waals surface area contributed by atoms with E-state index < -0.39 is 0 Å². The SMILES string of the molecule is C[C@@H](NCc1cccc(F)c1Br)c1cccnc1. The van der Waals surface area contributed by atoms with Gasteiger partial charge in [-0.15, -0.1) is 0 Å². The van der Waals surface area contributed by atoms with Gasteiger partial charge in [0.1, 0.15) is 5.82 Å². The lowest BCUT2D eigenvalue weighted by molar-refractivity contribution is 0.565. The minimum absolute atomic E-state index is 0.175. The van der Waals surface area contributed by atoms with Gasteiger partial charge in [-0.25, -0.2) is 4.39 Å². The number of pyridine rings is 1. The van der Waals surface area contributed by atoms with Crippen LogP contribution in [0.5, 0.6) is 0 Å². The van der Waals surface area contributed by atoms with Crippen molar-refractivity contribution in [2.75, 3.05) is 0 Å². The Bertz CT molecular complexity index is 516. The molecule has 0 radical (unpaired) electrons. The summed E-state index contributed by atoms with van der Waals surface area (Å²) in [6, 6.07) is 9.16. The van der Waals surface area contributed by atoms with Crippen LogP contribution in [-0.2, 0) is 6.54 Å². The van der Waals surface area contributed by atoms with Crippen LogP contribution in [0.25, 0.3) is 0 Å². The van der Waals surface area contributed by atoms with E-state index in [4.69, 9.17) is 0 Å². The van der Waals surface area contributed by atoms with Crippen molar-refractivity contribution in [2.24, 2.45) is 0 Å². The molecule has 1 heterocycles. The molecule has 1 aromatic carbocycles. The first-order chi connectivity index (χ1) is 8.68. The molecule has 4 heteroatoms. The highest BCUT2D eigenvalue weighted by atomic mass is 79.9. The standard InChI is InChI=1S/C14H14BrFN2/c1-10(11-5-3-7-17-8-11)18-9-12-4-2-6-13(16)14(12)15/h2-8,10,18H,9H2,1H3/t10-/m1/s1. The summed E-state index contributed by atoms with van der Waals surface area (Å²) in [6.07, 6.45) is 3.58. The van der Waals surface area contributed by atoms with Gasteiger partial charge in [0.25, 0.3) is 0 Å². The third-order valence-electron chi connectivity index (χ3n) is 2.81. The Morgan fingerprint density at radius 2 is 2.17 bits per heavy atom. The Labute approximate surface area is 114 Å². The summed E-state index contributed by atoms with van der Waals surface area (Å²) >= 11 is 3.26. The van der Waals surface area contributed by atoms with Crippen molar-refractivity contribution in [1.82, 2.24) is 10.3 Å². The van der Waals surface area contributed by atoms with Gasteiger partial charge in [0.05, 0.1) is 4.47 Å². The van der Waals surface area contributed by atoms with Crippen LogP contribution in [-0.4, -0.2) is 4.98 Å². The second-order valence-electron chi connectivity index (χ2n) is 4.10. The van der Waals surface area contributed by atoms with E-state index in [9.17, 15) is 4.39 Å². The Balaban J connectivity index is 2.02. The van der Waals surface area contributed by atoms with Crippen molar-refractivity contribution in [3.05, 3.63) is 64.1 Å². The van der Waals surface area contributed by atoms with Crippen molar-refractivity contribution in [2.45, 2.75) is 19.5 Å². The molecule has 0 amide bonds. The fourth-order valence-corrected chi connectivity index (χ4v) is 2.10. The van der Waals surface area contributed by atoms with Crippen LogP contribution in [0, 0.1) is 5.82 Å².